The maximum Gasteiger partial charge on any atom is 0.238 e. The number of hydrogen-bond acceptors (Lipinski definition) is 4. The van der Waals surface area contributed by atoms with Gasteiger partial charge in [-0.3, -0.25) is 9.59 Å². The number of hydrogen-bond donors (Lipinski definition) is 1. The molecule has 1 aromatic rings. The van der Waals surface area contributed by atoms with Crippen LogP contribution in [0.2, 0.25) is 0 Å². The van der Waals surface area contributed by atoms with Crippen molar-refractivity contribution in [3.63, 3.8) is 0 Å². The average molecular weight is 369 g/mol. The molecule has 5 rings (SSSR count). The molecule has 2 unspecified atom stereocenters. The predicted octanol–water partition coefficient (Wildman–Crippen LogP) is 3.16. The molecule has 1 N–H and O–H groups in total. The minimum Gasteiger partial charge on any atom is -0.497 e. The van der Waals surface area contributed by atoms with Gasteiger partial charge in [-0.15, -0.1) is 0 Å². The fourth-order valence-corrected chi connectivity index (χ4v) is 5.48. The van der Waals surface area contributed by atoms with E-state index in [0.29, 0.717) is 28.8 Å². The van der Waals surface area contributed by atoms with Crippen molar-refractivity contribution < 1.29 is 19.4 Å². The smallest absolute Gasteiger partial charge is 0.238 e. The number of ether oxygens (including phenoxy) is 1. The molecule has 4 aliphatic rings. The molecule has 2 amide bonds. The molecule has 5 nitrogen and oxygen atoms in total. The Morgan fingerprint density at radius 2 is 1.89 bits per heavy atom. The molecule has 5 heteroatoms. The number of carbonyl (C=O) groups excluding carboxylic acids is 2. The van der Waals surface area contributed by atoms with Gasteiger partial charge in [0.25, 0.3) is 0 Å². The zero-order chi connectivity index (χ0) is 19.5. The molecule has 1 aromatic carbocycles. The maximum absolute atomic E-state index is 13.4. The summed E-state index contributed by atoms with van der Waals surface area (Å²) in [6, 6.07) is 5.12. The lowest BCUT2D eigenvalue weighted by Gasteiger charge is -2.48. The van der Waals surface area contributed by atoms with Gasteiger partial charge in [0, 0.05) is 6.07 Å². The Kier molecular flexibility index (Phi) is 4.38. The third-order valence-corrected chi connectivity index (χ3v) is 6.79. The van der Waals surface area contributed by atoms with Crippen LogP contribution in [0.1, 0.15) is 32.8 Å². The van der Waals surface area contributed by atoms with E-state index >= 15 is 0 Å². The number of aliphatic hydroxyl groups is 1. The summed E-state index contributed by atoms with van der Waals surface area (Å²) in [5.41, 5.74) is 2.38. The quantitative estimate of drug-likeness (QED) is 0.654. The number of amides is 2. The first-order valence-corrected chi connectivity index (χ1v) is 9.72. The summed E-state index contributed by atoms with van der Waals surface area (Å²) in [5.74, 6) is 0.999. The number of nitrogens with zero attached hydrogens (tertiary/aromatic N) is 1. The Hall–Kier alpha value is -2.14. The molecule has 5 atom stereocenters. The van der Waals surface area contributed by atoms with Crippen molar-refractivity contribution in [1.29, 1.82) is 0 Å². The number of anilines is 1. The first-order valence-electron chi connectivity index (χ1n) is 9.72. The molecule has 0 aromatic heterocycles. The van der Waals surface area contributed by atoms with Gasteiger partial charge in [-0.05, 0) is 54.7 Å². The van der Waals surface area contributed by atoms with Gasteiger partial charge in [-0.1, -0.05) is 25.5 Å². The van der Waals surface area contributed by atoms with Gasteiger partial charge in [0.1, 0.15) is 5.75 Å². The number of imide groups is 1. The van der Waals surface area contributed by atoms with Gasteiger partial charge < -0.3 is 9.84 Å². The maximum atomic E-state index is 13.4. The van der Waals surface area contributed by atoms with E-state index in [0.717, 1.165) is 6.42 Å². The van der Waals surface area contributed by atoms with Crippen molar-refractivity contribution in [2.24, 2.45) is 35.5 Å². The van der Waals surface area contributed by atoms with Gasteiger partial charge in [0.05, 0.1) is 31.2 Å². The van der Waals surface area contributed by atoms with Crippen molar-refractivity contribution in [3.05, 3.63) is 35.4 Å². The van der Waals surface area contributed by atoms with Crippen molar-refractivity contribution in [2.45, 2.75) is 33.8 Å². The summed E-state index contributed by atoms with van der Waals surface area (Å²) in [7, 11) is 1.54. The molecule has 144 valence electrons. The van der Waals surface area contributed by atoms with Crippen LogP contribution in [0.4, 0.5) is 5.69 Å². The van der Waals surface area contributed by atoms with Crippen molar-refractivity contribution in [2.75, 3.05) is 12.0 Å². The molecule has 2 fully saturated rings. The van der Waals surface area contributed by atoms with Crippen LogP contribution in [0, 0.1) is 35.5 Å². The number of carbonyl (C=O) groups is 2. The minimum absolute atomic E-state index is 0.105. The molecule has 27 heavy (non-hydrogen) atoms. The zero-order valence-electron chi connectivity index (χ0n) is 16.3. The van der Waals surface area contributed by atoms with Crippen molar-refractivity contribution in [1.82, 2.24) is 0 Å². The summed E-state index contributed by atoms with van der Waals surface area (Å²) < 4.78 is 5.30. The Morgan fingerprint density at radius 1 is 1.19 bits per heavy atom. The highest BCUT2D eigenvalue weighted by Crippen LogP contribution is 2.56. The summed E-state index contributed by atoms with van der Waals surface area (Å²) in [5, 5.41) is 9.54. The lowest BCUT2D eigenvalue weighted by molar-refractivity contribution is -0.127. The zero-order valence-corrected chi connectivity index (χ0v) is 16.3. The van der Waals surface area contributed by atoms with E-state index in [2.05, 4.69) is 26.8 Å². The lowest BCUT2D eigenvalue weighted by Crippen LogP contribution is -2.46. The van der Waals surface area contributed by atoms with E-state index in [4.69, 9.17) is 4.74 Å². The second-order valence-corrected chi connectivity index (χ2v) is 8.50. The highest BCUT2D eigenvalue weighted by molar-refractivity contribution is 6.22. The predicted molar refractivity (Wildman–Crippen MR) is 102 cm³/mol. The molecule has 1 aliphatic heterocycles. The van der Waals surface area contributed by atoms with Crippen LogP contribution < -0.4 is 9.64 Å². The standard InChI is InChI=1S/C22H27NO4/c1-11(2)16-9-17-12(3)5-18(16)20-19(17)21(25)23(22(20)26)14-6-13(10-24)7-15(8-14)27-4/h5-8,11,16-20,24H,9-10H2,1-4H3/t16-,17?,18?,19+,20-/m0/s1. The van der Waals surface area contributed by atoms with Gasteiger partial charge in [0.2, 0.25) is 11.8 Å². The fourth-order valence-electron chi connectivity index (χ4n) is 5.48. The van der Waals surface area contributed by atoms with Crippen LogP contribution >= 0.6 is 0 Å². The van der Waals surface area contributed by atoms with Gasteiger partial charge in [-0.25, -0.2) is 4.90 Å². The average Bonchev–Trinajstić information content (AvgIpc) is 2.93. The molecule has 1 saturated carbocycles. The number of methoxy groups -OCH3 is 1. The highest BCUT2D eigenvalue weighted by Gasteiger charge is 2.60. The lowest BCUT2D eigenvalue weighted by atomic mass is 9.54. The van der Waals surface area contributed by atoms with Gasteiger partial charge in [0.15, 0.2) is 0 Å². The van der Waals surface area contributed by atoms with E-state index in [1.165, 1.54) is 17.6 Å². The monoisotopic (exact) mass is 369 g/mol. The third-order valence-electron chi connectivity index (χ3n) is 6.79. The molecule has 0 radical (unpaired) electrons. The molecular formula is C22H27NO4. The number of aliphatic hydroxyl groups excluding tert-OH is 1. The first-order chi connectivity index (χ1) is 12.9. The Bertz CT molecular complexity index is 805. The van der Waals surface area contributed by atoms with E-state index < -0.39 is 0 Å². The van der Waals surface area contributed by atoms with E-state index in [9.17, 15) is 14.7 Å². The Morgan fingerprint density at radius 3 is 2.52 bits per heavy atom. The molecule has 2 bridgehead atoms. The van der Waals surface area contributed by atoms with Crippen LogP contribution in [0.3, 0.4) is 0 Å². The number of fused-ring (bicyclic) bond motifs is 1. The molecular weight excluding hydrogens is 342 g/mol. The molecule has 1 saturated heterocycles. The van der Waals surface area contributed by atoms with Crippen molar-refractivity contribution >= 4 is 17.5 Å². The topological polar surface area (TPSA) is 66.8 Å². The van der Waals surface area contributed by atoms with Crippen LogP contribution in [-0.4, -0.2) is 24.0 Å². The molecule has 0 spiro atoms. The number of benzene rings is 1. The second-order valence-electron chi connectivity index (χ2n) is 8.50. The Balaban J connectivity index is 1.76. The second kappa shape index (κ2) is 6.48. The van der Waals surface area contributed by atoms with E-state index in [1.54, 1.807) is 18.2 Å². The fraction of sp³-hybridized carbons (Fsp3) is 0.545. The van der Waals surface area contributed by atoms with Crippen LogP contribution in [0.25, 0.3) is 0 Å². The van der Waals surface area contributed by atoms with E-state index in [1.807, 2.05) is 0 Å². The first kappa shape index (κ1) is 18.2. The van der Waals surface area contributed by atoms with Crippen molar-refractivity contribution in [3.8, 4) is 5.75 Å². The van der Waals surface area contributed by atoms with Gasteiger partial charge in [-0.2, -0.15) is 0 Å². The van der Waals surface area contributed by atoms with Crippen LogP contribution in [0.15, 0.2) is 29.8 Å². The molecule has 3 aliphatic carbocycles. The number of rotatable bonds is 4. The molecule has 1 heterocycles. The van der Waals surface area contributed by atoms with Crippen LogP contribution in [-0.2, 0) is 16.2 Å². The summed E-state index contributed by atoms with van der Waals surface area (Å²) >= 11 is 0. The van der Waals surface area contributed by atoms with E-state index in [-0.39, 0.29) is 42.1 Å². The summed E-state index contributed by atoms with van der Waals surface area (Å²) in [4.78, 5) is 28.1. The summed E-state index contributed by atoms with van der Waals surface area (Å²) in [6.07, 6.45) is 3.23. The Labute approximate surface area is 160 Å². The third kappa shape index (κ3) is 2.63. The highest BCUT2D eigenvalue weighted by atomic mass is 16.5. The number of allylic oxidation sites excluding steroid dienone is 2. The van der Waals surface area contributed by atoms with Gasteiger partial charge >= 0.3 is 0 Å². The largest absolute Gasteiger partial charge is 0.497 e. The summed E-state index contributed by atoms with van der Waals surface area (Å²) in [6.45, 7) is 6.34. The van der Waals surface area contributed by atoms with Crippen LogP contribution in [0.5, 0.6) is 5.75 Å². The minimum atomic E-state index is -0.267. The normalized spacial score (nSPS) is 32.1. The SMILES string of the molecule is COc1cc(CO)cc(N2C(=O)[C@@H]3C4C[C@@H](C(C)C)C(C=C4C)[C@@H]3C2=O)c1.